The number of hydrogen-bond acceptors (Lipinski definition) is 17. The largest absolute Gasteiger partial charge is 0.478 e. The third-order valence-electron chi connectivity index (χ3n) is 18.6. The molecule has 97 heavy (non-hydrogen) atoms. The van der Waals surface area contributed by atoms with E-state index in [2.05, 4.69) is 25.3 Å². The highest BCUT2D eigenvalue weighted by Gasteiger charge is 2.63. The number of esters is 1. The number of carbonyl (C=O) groups is 8. The number of allylic oxidation sites excluding steroid dienone is 2. The highest BCUT2D eigenvalue weighted by Crippen LogP contribution is 2.47. The molecule has 2 saturated heterocycles. The Hall–Kier alpha value is -7.51. The van der Waals surface area contributed by atoms with Gasteiger partial charge in [0.1, 0.15) is 40.3 Å². The van der Waals surface area contributed by atoms with Crippen molar-refractivity contribution < 1.29 is 74.9 Å². The van der Waals surface area contributed by atoms with Crippen molar-refractivity contribution in [2.75, 3.05) is 48.4 Å². The predicted octanol–water partition coefficient (Wildman–Crippen LogP) is 6.21. The average molecular weight is 1410 g/mol. The minimum Gasteiger partial charge on any atom is -0.478 e. The molecule has 0 unspecified atom stereocenters. The van der Waals surface area contributed by atoms with E-state index >= 15 is 0 Å². The minimum absolute atomic E-state index is 0. The average Bonchev–Trinajstić information content (AvgIpc) is 1.59. The Kier molecular flexibility index (Phi) is 25.0. The molecule has 2 saturated carbocycles. The van der Waals surface area contributed by atoms with E-state index < -0.39 is 97.3 Å². The molecule has 6 N–H and O–H groups in total. The van der Waals surface area contributed by atoms with E-state index in [1.165, 1.54) is 51.2 Å². The van der Waals surface area contributed by atoms with Gasteiger partial charge < -0.3 is 44.7 Å². The lowest BCUT2D eigenvalue weighted by atomic mass is 10.0. The maximum atomic E-state index is 14.1. The van der Waals surface area contributed by atoms with Gasteiger partial charge in [-0.15, -0.1) is 0 Å². The van der Waals surface area contributed by atoms with Crippen LogP contribution < -0.4 is 24.8 Å². The molecular weight excluding hydrogens is 1320 g/mol. The van der Waals surface area contributed by atoms with Crippen LogP contribution >= 0.6 is 11.6 Å². The molecule has 4 aromatic rings. The van der Waals surface area contributed by atoms with Crippen LogP contribution in [0, 0.1) is 23.7 Å². The van der Waals surface area contributed by atoms with Gasteiger partial charge in [-0.1, -0.05) is 83.4 Å². The van der Waals surface area contributed by atoms with Crippen molar-refractivity contribution in [1.29, 1.82) is 0 Å². The first-order valence-electron chi connectivity index (χ1n) is 32.6. The molecule has 10 rings (SSSR count). The van der Waals surface area contributed by atoms with Crippen LogP contribution in [0.5, 0.6) is 6.01 Å². The van der Waals surface area contributed by atoms with Crippen molar-refractivity contribution in [2.45, 2.75) is 186 Å². The molecule has 0 spiro atoms. The standard InChI is InChI=1S/C32H44N6O8S.C21H34N4O6S.C12H13ClN2O2.CH4/c1-19(2)38-24-15-11-14-23(29(41)42)26(24)33-31(38)46-22-16-25-27(39)34-32(30(43)35-47(44,45)36(4)5)17-21(32)13-10-8-6-7-9-12-20(3)28(40)37(25)18-22;1-14-9-7-5-4-6-8-10-15-12-21(15,20(29)23-32(30,31)24(2)3)22-18(27)17-11-16(26)13-25(17)19(14)28;1-7(2)15-9-6-4-5-8(11(16)17-3)10(9)14-12(15)13;/h10-11,13-15,19-22,25H,6-9,12,16-18H2,1-5H3,(H,34,39)(H,35,43)(H,41,42);8,10,14-17,26H,4-7,9,11-13H2,1-3H3,(H,22,27)(H,23,29);4-7H,1-3H3;1H4/b13-10-;10-8-;;/t20-,21+,22+,25-,32+;14-,15+,16+,17-,21+;;/m00../s1. The lowest BCUT2D eigenvalue weighted by molar-refractivity contribution is -0.142. The highest BCUT2D eigenvalue weighted by atomic mass is 35.5. The van der Waals surface area contributed by atoms with Crippen LogP contribution in [0.25, 0.3) is 22.1 Å². The fourth-order valence-corrected chi connectivity index (χ4v) is 14.4. The molecule has 2 aromatic carbocycles. The van der Waals surface area contributed by atoms with Crippen LogP contribution in [0.4, 0.5) is 0 Å². The summed E-state index contributed by atoms with van der Waals surface area (Å²) in [6.45, 7) is 11.7. The number of para-hydroxylation sites is 2. The van der Waals surface area contributed by atoms with Gasteiger partial charge in [0, 0.05) is 83.3 Å². The third kappa shape index (κ3) is 17.1. The summed E-state index contributed by atoms with van der Waals surface area (Å²) in [4.78, 5) is 116. The van der Waals surface area contributed by atoms with Gasteiger partial charge in [-0.05, 0) is 115 Å². The molecule has 4 fully saturated rings. The molecule has 28 nitrogen and oxygen atoms in total. The summed E-state index contributed by atoms with van der Waals surface area (Å²) in [6, 6.07) is 8.57. The van der Waals surface area contributed by atoms with Crippen molar-refractivity contribution in [3.63, 3.8) is 0 Å². The molecule has 6 heterocycles. The normalized spacial score (nSPS) is 27.1. The van der Waals surface area contributed by atoms with Gasteiger partial charge in [0.2, 0.25) is 28.9 Å². The summed E-state index contributed by atoms with van der Waals surface area (Å²) >= 11 is 6.08. The number of aromatic carboxylic acids is 1. The molecule has 0 bridgehead atoms. The van der Waals surface area contributed by atoms with Gasteiger partial charge in [-0.3, -0.25) is 33.3 Å². The number of nitrogens with zero attached hydrogens (tertiary/aromatic N) is 8. The number of fused-ring (bicyclic) bond motifs is 6. The van der Waals surface area contributed by atoms with Crippen molar-refractivity contribution in [2.24, 2.45) is 23.7 Å². The summed E-state index contributed by atoms with van der Waals surface area (Å²) in [5, 5.41) is 25.9. The number of nitrogens with one attached hydrogen (secondary N) is 4. The number of hydrogen-bond donors (Lipinski definition) is 6. The number of rotatable bonds is 12. The first-order chi connectivity index (χ1) is 45.2. The summed E-state index contributed by atoms with van der Waals surface area (Å²) in [7, 11) is -1.60. The molecule has 31 heteroatoms. The number of methoxy groups -OCH3 is 1. The fraction of sp³-hybridized carbons (Fsp3) is 0.606. The lowest BCUT2D eigenvalue weighted by Crippen LogP contribution is -2.57. The fourth-order valence-electron chi connectivity index (χ4n) is 12.8. The molecule has 2 aliphatic carbocycles. The Bertz CT molecular complexity index is 3910. The minimum atomic E-state index is -4.12. The van der Waals surface area contributed by atoms with Crippen molar-refractivity contribution in [1.82, 2.24) is 57.6 Å². The van der Waals surface area contributed by atoms with Gasteiger partial charge in [0.05, 0.1) is 41.9 Å². The molecular formula is C66H95ClN12O16S2. The number of ether oxygens (including phenoxy) is 2. The van der Waals surface area contributed by atoms with E-state index in [1.807, 2.05) is 81.2 Å². The zero-order valence-electron chi connectivity index (χ0n) is 56.2. The smallest absolute Gasteiger partial charge is 0.340 e. The van der Waals surface area contributed by atoms with Crippen molar-refractivity contribution in [3.8, 4) is 6.01 Å². The number of aromatic nitrogens is 4. The number of aliphatic hydroxyl groups excluding tert-OH is 1. The molecule has 534 valence electrons. The summed E-state index contributed by atoms with van der Waals surface area (Å²) in [5.74, 6) is -6.08. The van der Waals surface area contributed by atoms with Crippen molar-refractivity contribution >= 4 is 101 Å². The molecule has 6 amide bonds. The molecule has 4 aliphatic heterocycles. The highest BCUT2D eigenvalue weighted by molar-refractivity contribution is 7.88. The maximum absolute atomic E-state index is 14.1. The van der Waals surface area contributed by atoms with Crippen LogP contribution in [0.1, 0.15) is 172 Å². The Morgan fingerprint density at radius 1 is 0.670 bits per heavy atom. The maximum Gasteiger partial charge on any atom is 0.340 e. The quantitative estimate of drug-likeness (QED) is 0.0677. The van der Waals surface area contributed by atoms with E-state index in [9.17, 15) is 65.4 Å². The molecule has 0 radical (unpaired) electrons. The van der Waals surface area contributed by atoms with Gasteiger partial charge in [0.25, 0.3) is 17.8 Å². The summed E-state index contributed by atoms with van der Waals surface area (Å²) in [5.41, 5.74) is -0.148. The van der Waals surface area contributed by atoms with Gasteiger partial charge >= 0.3 is 32.4 Å². The van der Waals surface area contributed by atoms with E-state index in [0.717, 1.165) is 65.5 Å². The molecule has 6 aliphatic rings. The number of carbonyl (C=O) groups excluding carboxylic acids is 7. The van der Waals surface area contributed by atoms with Crippen LogP contribution in [-0.2, 0) is 53.9 Å². The SMILES string of the molecule is C.CC(C)n1c(O[C@@H]2C[C@H]3C(=O)N[C@]4(C(=O)NS(=O)(=O)N(C)C)C[C@H]4/C=C\CCCCC[C@H](C)C(=O)N3C2)nc2c(C(=O)O)cccc21.COC(=O)c1cccc2c1nc(Cl)n2C(C)C.C[C@H]1CCCCC/C=C\[C@@H]2C[C@@]2(C(=O)NS(=O)(=O)N(C)C)NC(=O)[C@@H]2C[C@@H](O)CN2C1=O. The third-order valence-corrected chi connectivity index (χ3v) is 21.6. The summed E-state index contributed by atoms with van der Waals surface area (Å²) in [6.07, 6.45) is 15.2. The zero-order valence-corrected chi connectivity index (χ0v) is 58.6. The van der Waals surface area contributed by atoms with E-state index in [1.54, 1.807) is 28.8 Å². The molecule has 2 aromatic heterocycles. The number of aliphatic hydroxyl groups is 1. The monoisotopic (exact) mass is 1410 g/mol. The number of carboxylic acids is 1. The second-order valence-electron chi connectivity index (χ2n) is 26.6. The Labute approximate surface area is 572 Å². The van der Waals surface area contributed by atoms with Crippen LogP contribution in [-0.4, -0.2) is 196 Å². The topological polar surface area (TPSA) is 360 Å². The van der Waals surface area contributed by atoms with Crippen LogP contribution in [0.2, 0.25) is 5.28 Å². The number of imidazole rings is 2. The first kappa shape index (κ1) is 76.9. The second kappa shape index (κ2) is 31.6. The van der Waals surface area contributed by atoms with Gasteiger partial charge in [-0.25, -0.2) is 24.0 Å². The summed E-state index contributed by atoms with van der Waals surface area (Å²) < 4.78 is 70.2. The Balaban J connectivity index is 0.000000228. The first-order valence-corrected chi connectivity index (χ1v) is 35.9. The van der Waals surface area contributed by atoms with Crippen molar-refractivity contribution in [3.05, 3.63) is 77.1 Å². The number of amides is 6. The Morgan fingerprint density at radius 3 is 1.59 bits per heavy atom. The van der Waals surface area contributed by atoms with Gasteiger partial charge in [-0.2, -0.15) is 30.4 Å². The predicted molar refractivity (Wildman–Crippen MR) is 363 cm³/mol. The van der Waals surface area contributed by atoms with E-state index in [-0.39, 0.29) is 105 Å². The van der Waals surface area contributed by atoms with Crippen LogP contribution in [0.3, 0.4) is 0 Å². The van der Waals surface area contributed by atoms with E-state index in [0.29, 0.717) is 34.7 Å². The van der Waals surface area contributed by atoms with Crippen LogP contribution in [0.15, 0.2) is 60.7 Å². The Morgan fingerprint density at radius 2 is 1.12 bits per heavy atom. The lowest BCUT2D eigenvalue weighted by Gasteiger charge is -2.28. The number of carboxylic acid groups (broad SMARTS) is 1. The molecule has 10 atom stereocenters. The number of halogens is 1. The number of benzene rings is 2. The second-order valence-corrected chi connectivity index (χ2v) is 30.7. The van der Waals surface area contributed by atoms with Gasteiger partial charge in [0.15, 0.2) is 0 Å². The zero-order chi connectivity index (χ0) is 70.5. The van der Waals surface area contributed by atoms with E-state index in [4.69, 9.17) is 21.1 Å².